The number of carbonyl (C=O) groups is 2. The molecule has 3 heterocycles. The lowest BCUT2D eigenvalue weighted by molar-refractivity contribution is -0.384. The van der Waals surface area contributed by atoms with E-state index in [2.05, 4.69) is 10.6 Å². The van der Waals surface area contributed by atoms with Gasteiger partial charge >= 0.3 is 12.0 Å². The van der Waals surface area contributed by atoms with E-state index in [1.165, 1.54) is 38.3 Å². The van der Waals surface area contributed by atoms with Crippen molar-refractivity contribution in [2.45, 2.75) is 204 Å². The molecule has 0 spiro atoms. The number of amides is 2. The van der Waals surface area contributed by atoms with Crippen molar-refractivity contribution in [2.24, 2.45) is 17.8 Å². The zero-order valence-corrected chi connectivity index (χ0v) is 44.5. The fourth-order valence-electron chi connectivity index (χ4n) is 10.8. The first-order valence-electron chi connectivity index (χ1n) is 25.4. The summed E-state index contributed by atoms with van der Waals surface area (Å²) in [5, 5.41) is 96.4. The van der Waals surface area contributed by atoms with E-state index in [-0.39, 0.29) is 43.0 Å². The molecule has 3 aliphatic rings. The van der Waals surface area contributed by atoms with E-state index in [9.17, 15) is 55.4 Å². The molecule has 3 fully saturated rings. The van der Waals surface area contributed by atoms with Gasteiger partial charge in [-0.3, -0.25) is 14.9 Å². The lowest BCUT2D eigenvalue weighted by Crippen LogP contribution is -2.61. The van der Waals surface area contributed by atoms with Crippen molar-refractivity contribution in [3.05, 3.63) is 39.9 Å². The number of nitrogens with one attached hydrogen (secondary N) is 2. The first-order chi connectivity index (χ1) is 33.5. The monoisotopic (exact) mass is 1030 g/mol. The van der Waals surface area contributed by atoms with Crippen molar-refractivity contribution in [1.82, 2.24) is 20.4 Å². The van der Waals surface area contributed by atoms with Gasteiger partial charge in [0.15, 0.2) is 12.6 Å². The molecule has 3 saturated heterocycles. The minimum Gasteiger partial charge on any atom is -0.459 e. The molecule has 1 aromatic rings. The van der Waals surface area contributed by atoms with Gasteiger partial charge in [0.25, 0.3) is 5.69 Å². The number of likely N-dealkylation sites (N-methyl/N-ethyl adjacent to an activating group) is 2. The molecule has 1 aromatic carbocycles. The summed E-state index contributed by atoms with van der Waals surface area (Å²) in [6.07, 6.45) is -10.7. The summed E-state index contributed by atoms with van der Waals surface area (Å²) in [5.41, 5.74) is -4.55. The third kappa shape index (κ3) is 15.0. The lowest BCUT2D eigenvalue weighted by Gasteiger charge is -2.49. The number of carbonyl (C=O) groups excluding carboxylic acids is 2. The Morgan fingerprint density at radius 3 is 2.24 bits per heavy atom. The highest BCUT2D eigenvalue weighted by atomic mass is 16.7. The Morgan fingerprint density at radius 1 is 1.01 bits per heavy atom. The highest BCUT2D eigenvalue weighted by Crippen LogP contribution is 2.40. The van der Waals surface area contributed by atoms with Crippen molar-refractivity contribution in [3.63, 3.8) is 0 Å². The maximum absolute atomic E-state index is 14.4. The van der Waals surface area contributed by atoms with Gasteiger partial charge in [-0.05, 0) is 118 Å². The van der Waals surface area contributed by atoms with Crippen molar-refractivity contribution < 1.29 is 78.7 Å². The van der Waals surface area contributed by atoms with Crippen LogP contribution < -0.4 is 10.6 Å². The molecule has 0 aromatic heterocycles. The SMILES string of the molecule is CC[C@H]1OC(=O)[C@H](C)[C@@H](O[C@H]2C[C@@](C)(OC)[C@@H](O)[C@H](C)O2)[C@H](C)[C@@H](O[C@@H]2O[C@H](C)C[C@H](N(C)CCCNC(=O)N[C@H](CO)[C@H](O)c3ccc([N+](=O)[O-])cc3)[C@H]2O)[C@](C)(O)C[C@@H](C)CN(C)[C@H](C)[C@@H](O)[C@]1(C)O. The Kier molecular flexibility index (Phi) is 22.2. The average molecular weight is 1030 g/mol. The first-order valence-corrected chi connectivity index (χ1v) is 25.4. The molecule has 22 nitrogen and oxygen atoms in total. The van der Waals surface area contributed by atoms with Crippen molar-refractivity contribution in [1.29, 1.82) is 0 Å². The maximum atomic E-state index is 14.4. The predicted molar refractivity (Wildman–Crippen MR) is 263 cm³/mol. The molecule has 4 rings (SSSR count). The molecule has 0 unspecified atom stereocenters. The molecule has 0 aliphatic carbocycles. The Bertz CT molecular complexity index is 1880. The molecule has 22 heteroatoms. The van der Waals surface area contributed by atoms with Crippen LogP contribution in [0.1, 0.15) is 113 Å². The first kappa shape index (κ1) is 61.3. The third-order valence-corrected chi connectivity index (χ3v) is 15.4. The molecular weight excluding hydrogens is 943 g/mol. The topological polar surface area (TPSA) is 305 Å². The van der Waals surface area contributed by atoms with E-state index in [0.717, 1.165) is 0 Å². The van der Waals surface area contributed by atoms with E-state index < -0.39 is 138 Å². The quantitative estimate of drug-likeness (QED) is 0.0495. The highest BCUT2D eigenvalue weighted by molar-refractivity contribution is 5.74. The van der Waals surface area contributed by atoms with Crippen molar-refractivity contribution in [2.75, 3.05) is 47.4 Å². The number of aliphatic hydroxyl groups is 7. The maximum Gasteiger partial charge on any atom is 0.315 e. The normalized spacial score (nSPS) is 39.8. The van der Waals surface area contributed by atoms with Gasteiger partial charge in [-0.25, -0.2) is 4.79 Å². The summed E-state index contributed by atoms with van der Waals surface area (Å²) in [4.78, 5) is 41.6. The third-order valence-electron chi connectivity index (χ3n) is 15.4. The molecule has 0 bridgehead atoms. The number of methoxy groups -OCH3 is 1. The second-order valence-corrected chi connectivity index (χ2v) is 21.5. The summed E-state index contributed by atoms with van der Waals surface area (Å²) in [5.74, 6) is -2.97. The zero-order valence-electron chi connectivity index (χ0n) is 44.5. The van der Waals surface area contributed by atoms with Crippen molar-refractivity contribution >= 4 is 17.7 Å². The molecule has 72 heavy (non-hydrogen) atoms. The number of rotatable bonds is 16. The molecule has 0 saturated carbocycles. The number of esters is 1. The molecular formula is C50H87N5O17. The largest absolute Gasteiger partial charge is 0.459 e. The number of nitrogens with zero attached hydrogens (tertiary/aromatic N) is 3. The van der Waals surface area contributed by atoms with E-state index >= 15 is 0 Å². The van der Waals surface area contributed by atoms with Crippen LogP contribution in [0.4, 0.5) is 10.5 Å². The summed E-state index contributed by atoms with van der Waals surface area (Å²) in [6.45, 7) is 17.5. The smallest absolute Gasteiger partial charge is 0.315 e. The summed E-state index contributed by atoms with van der Waals surface area (Å²) < 4.78 is 38.0. The van der Waals surface area contributed by atoms with Crippen LogP contribution in [0, 0.1) is 27.9 Å². The van der Waals surface area contributed by atoms with Crippen LogP contribution in [0.2, 0.25) is 0 Å². The van der Waals surface area contributed by atoms with Gasteiger partial charge < -0.3 is 84.6 Å². The van der Waals surface area contributed by atoms with E-state index in [1.807, 2.05) is 30.7 Å². The molecule has 0 radical (unpaired) electrons. The predicted octanol–water partition coefficient (Wildman–Crippen LogP) is 1.96. The number of aliphatic hydroxyl groups excluding tert-OH is 5. The van der Waals surface area contributed by atoms with Crippen LogP contribution >= 0.6 is 0 Å². The van der Waals surface area contributed by atoms with Gasteiger partial charge in [-0.1, -0.05) is 20.8 Å². The Hall–Kier alpha value is -3.20. The number of cyclic esters (lactones) is 1. The summed E-state index contributed by atoms with van der Waals surface area (Å²) in [6, 6.07) is 2.23. The summed E-state index contributed by atoms with van der Waals surface area (Å²) in [7, 11) is 5.10. The number of hydrogen-bond donors (Lipinski definition) is 9. The van der Waals surface area contributed by atoms with E-state index in [4.69, 9.17) is 28.4 Å². The number of ether oxygens (including phenoxy) is 6. The number of nitro groups is 1. The van der Waals surface area contributed by atoms with E-state index in [0.29, 0.717) is 25.9 Å². The van der Waals surface area contributed by atoms with Crippen LogP contribution in [0.5, 0.6) is 0 Å². The van der Waals surface area contributed by atoms with Gasteiger partial charge in [0.1, 0.15) is 36.1 Å². The van der Waals surface area contributed by atoms with Crippen molar-refractivity contribution in [3.8, 4) is 0 Å². The molecule has 414 valence electrons. The fraction of sp³-hybridized carbons (Fsp3) is 0.840. The average Bonchev–Trinajstić information content (AvgIpc) is 3.32. The number of non-ortho nitro benzene ring substituents is 1. The van der Waals surface area contributed by atoms with Gasteiger partial charge in [-0.15, -0.1) is 0 Å². The molecule has 9 N–H and O–H groups in total. The van der Waals surface area contributed by atoms with Gasteiger partial charge in [0.05, 0.1) is 59.1 Å². The number of urea groups is 1. The number of nitro benzene ring substituents is 1. The summed E-state index contributed by atoms with van der Waals surface area (Å²) >= 11 is 0. The molecule has 2 amide bonds. The molecule has 3 aliphatic heterocycles. The fourth-order valence-corrected chi connectivity index (χ4v) is 10.8. The Balaban J connectivity index is 1.59. The second-order valence-electron chi connectivity index (χ2n) is 21.5. The standard InChI is InChI=1S/C50H87N5O17/c1-14-37-50(10,64)42(59)31(6)54(12)25-27(2)23-48(8,63)44(29(4)41(30(5)45(61)70-37)71-38-24-49(9,67-13)43(60)32(7)69-38)72-46-40(58)36(22-28(3)68-46)53(11)21-15-20-51-47(62)52-35(26-56)39(57)33-16-18-34(19-17-33)55(65)66/h16-19,27-32,35-44,46,56-60,63-64H,14-15,20-26H2,1-13H3,(H2,51,52,62)/t27-,28-,29+,30-,31-,32+,35-,36+,37-,38+,39-,40-,41+,42-,43+,44-,46+,48-,49-,50-/m1/s1. The highest BCUT2D eigenvalue weighted by Gasteiger charge is 2.53. The second kappa shape index (κ2) is 26.0. The van der Waals surface area contributed by atoms with Crippen LogP contribution in [0.15, 0.2) is 24.3 Å². The van der Waals surface area contributed by atoms with Crippen LogP contribution in [0.25, 0.3) is 0 Å². The van der Waals surface area contributed by atoms with Gasteiger partial charge in [-0.2, -0.15) is 0 Å². The minimum absolute atomic E-state index is 0.0639. The lowest BCUT2D eigenvalue weighted by atomic mass is 9.77. The zero-order chi connectivity index (χ0) is 54.2. The number of benzene rings is 1. The minimum atomic E-state index is -1.87. The van der Waals surface area contributed by atoms with Crippen LogP contribution in [-0.4, -0.2) is 206 Å². The van der Waals surface area contributed by atoms with Crippen LogP contribution in [-0.2, 0) is 33.2 Å². The van der Waals surface area contributed by atoms with Gasteiger partial charge in [0.2, 0.25) is 0 Å². The Morgan fingerprint density at radius 2 is 1.65 bits per heavy atom. The number of hydrogen-bond acceptors (Lipinski definition) is 19. The molecule has 20 atom stereocenters. The van der Waals surface area contributed by atoms with Gasteiger partial charge in [0, 0.05) is 56.8 Å². The van der Waals surface area contributed by atoms with E-state index in [1.54, 1.807) is 55.5 Å². The Labute approximate surface area is 424 Å². The van der Waals surface area contributed by atoms with Crippen LogP contribution in [0.3, 0.4) is 0 Å².